The Morgan fingerprint density at radius 2 is 1.82 bits per heavy atom. The minimum Gasteiger partial charge on any atom is -0.356 e. The van der Waals surface area contributed by atoms with E-state index < -0.39 is 10.0 Å². The molecule has 0 N–H and O–H groups in total. The number of aryl methyl sites for hydroxylation is 2. The molecule has 0 fully saturated rings. The average molecular weight is 399 g/mol. The molecule has 0 aliphatic rings. The number of para-hydroxylation sites is 1. The predicted molar refractivity (Wildman–Crippen MR) is 112 cm³/mol. The zero-order valence-corrected chi connectivity index (χ0v) is 17.7. The third-order valence-electron chi connectivity index (χ3n) is 4.90. The van der Waals surface area contributed by atoms with Crippen LogP contribution in [0, 0.1) is 6.92 Å². The van der Waals surface area contributed by atoms with Gasteiger partial charge in [-0.25, -0.2) is 8.42 Å². The van der Waals surface area contributed by atoms with Crippen molar-refractivity contribution in [3.05, 3.63) is 65.4 Å². The van der Waals surface area contributed by atoms with Gasteiger partial charge in [0.2, 0.25) is 0 Å². The van der Waals surface area contributed by atoms with Crippen LogP contribution in [0.4, 0.5) is 5.69 Å². The van der Waals surface area contributed by atoms with Crippen LogP contribution >= 0.6 is 0 Å². The molecule has 1 aromatic heterocycles. The highest BCUT2D eigenvalue weighted by atomic mass is 32.2. The van der Waals surface area contributed by atoms with Crippen LogP contribution in [-0.4, -0.2) is 20.6 Å². The summed E-state index contributed by atoms with van der Waals surface area (Å²) >= 11 is 0. The highest BCUT2D eigenvalue weighted by Crippen LogP contribution is 2.33. The van der Waals surface area contributed by atoms with E-state index in [1.807, 2.05) is 64.1 Å². The quantitative estimate of drug-likeness (QED) is 0.575. The van der Waals surface area contributed by atoms with Crippen LogP contribution in [0.25, 0.3) is 11.3 Å². The van der Waals surface area contributed by atoms with E-state index in [1.54, 1.807) is 19.2 Å². The minimum absolute atomic E-state index is 0.0603. The fourth-order valence-electron chi connectivity index (χ4n) is 3.28. The van der Waals surface area contributed by atoms with Crippen LogP contribution < -0.4 is 4.31 Å². The highest BCUT2D eigenvalue weighted by molar-refractivity contribution is 7.92. The molecule has 0 saturated carbocycles. The molecule has 0 bridgehead atoms. The van der Waals surface area contributed by atoms with Crippen LogP contribution in [0.15, 0.2) is 57.9 Å². The first kappa shape index (κ1) is 20.1. The van der Waals surface area contributed by atoms with Gasteiger partial charge >= 0.3 is 0 Å². The third kappa shape index (κ3) is 3.69. The second-order valence-corrected chi connectivity index (χ2v) is 9.13. The summed E-state index contributed by atoms with van der Waals surface area (Å²) < 4.78 is 33.9. The lowest BCUT2D eigenvalue weighted by atomic mass is 10.0. The van der Waals surface area contributed by atoms with E-state index in [1.165, 1.54) is 4.31 Å². The number of aromatic nitrogens is 1. The molecule has 0 aliphatic heterocycles. The second kappa shape index (κ2) is 7.80. The van der Waals surface area contributed by atoms with Crippen molar-refractivity contribution >= 4 is 15.7 Å². The molecule has 3 aromatic rings. The summed E-state index contributed by atoms with van der Waals surface area (Å²) in [5, 5.41) is 3.91. The molecule has 1 heterocycles. The van der Waals surface area contributed by atoms with Crippen molar-refractivity contribution in [1.29, 1.82) is 0 Å². The Bertz CT molecular complexity index is 1080. The summed E-state index contributed by atoms with van der Waals surface area (Å²) in [4.78, 5) is 0.294. The van der Waals surface area contributed by atoms with Crippen molar-refractivity contribution in [3.63, 3.8) is 0 Å². The summed E-state index contributed by atoms with van der Waals surface area (Å²) in [6, 6.07) is 14.8. The van der Waals surface area contributed by atoms with Crippen molar-refractivity contribution in [2.75, 3.05) is 11.4 Å². The summed E-state index contributed by atoms with van der Waals surface area (Å²) in [5.74, 6) is 0.617. The van der Waals surface area contributed by atoms with Gasteiger partial charge in [-0.05, 0) is 42.5 Å². The van der Waals surface area contributed by atoms with Gasteiger partial charge in [-0.3, -0.25) is 4.31 Å². The van der Waals surface area contributed by atoms with Gasteiger partial charge in [0.15, 0.2) is 5.76 Å². The van der Waals surface area contributed by atoms with Crippen LogP contribution in [0.3, 0.4) is 0 Å². The van der Waals surface area contributed by atoms with Gasteiger partial charge in [0.1, 0.15) is 0 Å². The number of benzene rings is 2. The maximum absolute atomic E-state index is 13.6. The molecule has 3 rings (SSSR count). The molecule has 0 unspecified atom stereocenters. The molecular formula is C22H26N2O3S. The van der Waals surface area contributed by atoms with Gasteiger partial charge in [-0.1, -0.05) is 56.3 Å². The van der Waals surface area contributed by atoms with Gasteiger partial charge in [0, 0.05) is 18.7 Å². The van der Waals surface area contributed by atoms with Gasteiger partial charge in [0.05, 0.1) is 16.3 Å². The van der Waals surface area contributed by atoms with E-state index in [-0.39, 0.29) is 5.92 Å². The number of sulfonamides is 1. The van der Waals surface area contributed by atoms with Crippen LogP contribution in [0.2, 0.25) is 0 Å². The molecule has 0 spiro atoms. The molecule has 148 valence electrons. The van der Waals surface area contributed by atoms with Crippen LogP contribution in [0.1, 0.15) is 43.5 Å². The first-order chi connectivity index (χ1) is 13.3. The fraction of sp³-hybridized carbons (Fsp3) is 0.318. The van der Waals surface area contributed by atoms with Crippen molar-refractivity contribution in [3.8, 4) is 11.3 Å². The smallest absolute Gasteiger partial charge is 0.264 e. The zero-order chi connectivity index (χ0) is 20.5. The highest BCUT2D eigenvalue weighted by Gasteiger charge is 2.27. The molecule has 0 atom stereocenters. The Hall–Kier alpha value is -2.60. The maximum atomic E-state index is 13.6. The molecule has 0 amide bonds. The summed E-state index contributed by atoms with van der Waals surface area (Å²) in [6.07, 6.45) is 0.754. The van der Waals surface area contributed by atoms with E-state index >= 15 is 0 Å². The number of nitrogens with zero attached hydrogens (tertiary/aromatic N) is 2. The summed E-state index contributed by atoms with van der Waals surface area (Å²) in [5.41, 5.74) is 3.91. The molecule has 0 aliphatic carbocycles. The SMILES string of the molecule is CCc1ccccc1N(C)S(=O)(=O)c1cc(-c2cc(C)no2)ccc1C(C)C. The van der Waals surface area contributed by atoms with Crippen LogP contribution in [-0.2, 0) is 16.4 Å². The van der Waals surface area contributed by atoms with Crippen molar-refractivity contribution < 1.29 is 12.9 Å². The first-order valence-electron chi connectivity index (χ1n) is 9.40. The van der Waals surface area contributed by atoms with Crippen molar-refractivity contribution in [2.24, 2.45) is 0 Å². The Morgan fingerprint density at radius 3 is 2.43 bits per heavy atom. The lowest BCUT2D eigenvalue weighted by Gasteiger charge is -2.24. The molecule has 5 nitrogen and oxygen atoms in total. The Kier molecular flexibility index (Phi) is 5.61. The molecular weight excluding hydrogens is 372 g/mol. The Morgan fingerprint density at radius 1 is 1.11 bits per heavy atom. The van der Waals surface area contributed by atoms with Crippen molar-refractivity contribution in [1.82, 2.24) is 5.16 Å². The average Bonchev–Trinajstić information content (AvgIpc) is 3.13. The monoisotopic (exact) mass is 398 g/mol. The van der Waals surface area contributed by atoms with E-state index in [4.69, 9.17) is 4.52 Å². The third-order valence-corrected chi connectivity index (χ3v) is 6.73. The van der Waals surface area contributed by atoms with E-state index in [9.17, 15) is 8.42 Å². The first-order valence-corrected chi connectivity index (χ1v) is 10.8. The zero-order valence-electron chi connectivity index (χ0n) is 16.9. The lowest BCUT2D eigenvalue weighted by molar-refractivity contribution is 0.427. The van der Waals surface area contributed by atoms with Gasteiger partial charge in [-0.15, -0.1) is 0 Å². The fourth-order valence-corrected chi connectivity index (χ4v) is 4.89. The van der Waals surface area contributed by atoms with Gasteiger partial charge in [0.25, 0.3) is 10.0 Å². The molecule has 0 saturated heterocycles. The second-order valence-electron chi connectivity index (χ2n) is 7.19. The predicted octanol–water partition coefficient (Wildman–Crippen LogP) is 5.16. The number of rotatable bonds is 6. The molecule has 28 heavy (non-hydrogen) atoms. The van der Waals surface area contributed by atoms with Gasteiger partial charge in [-0.2, -0.15) is 0 Å². The number of anilines is 1. The maximum Gasteiger partial charge on any atom is 0.264 e. The van der Waals surface area contributed by atoms with Crippen molar-refractivity contribution in [2.45, 2.75) is 44.9 Å². The molecule has 6 heteroatoms. The largest absolute Gasteiger partial charge is 0.356 e. The number of hydrogen-bond donors (Lipinski definition) is 0. The lowest BCUT2D eigenvalue weighted by Crippen LogP contribution is -2.28. The summed E-state index contributed by atoms with van der Waals surface area (Å²) in [6.45, 7) is 7.84. The van der Waals surface area contributed by atoms with E-state index in [0.29, 0.717) is 21.9 Å². The molecule has 2 aromatic carbocycles. The van der Waals surface area contributed by atoms with E-state index in [0.717, 1.165) is 23.2 Å². The van der Waals surface area contributed by atoms with Gasteiger partial charge < -0.3 is 4.52 Å². The normalized spacial score (nSPS) is 11.8. The summed E-state index contributed by atoms with van der Waals surface area (Å²) in [7, 11) is -2.14. The molecule has 0 radical (unpaired) electrons. The number of hydrogen-bond acceptors (Lipinski definition) is 4. The topological polar surface area (TPSA) is 63.4 Å². The Balaban J connectivity index is 2.16. The standard InChI is InChI=1S/C22H26N2O3S/c1-6-17-9-7-8-10-20(17)24(5)28(25,26)22-14-18(11-12-19(22)15(2)3)21-13-16(4)23-27-21/h7-15H,6H2,1-5H3. The Labute approximate surface area is 167 Å². The minimum atomic E-state index is -3.75. The van der Waals surface area contributed by atoms with Crippen LogP contribution in [0.5, 0.6) is 0 Å². The van der Waals surface area contributed by atoms with E-state index in [2.05, 4.69) is 5.16 Å².